The van der Waals surface area contributed by atoms with Gasteiger partial charge in [-0.25, -0.2) is 4.98 Å². The van der Waals surface area contributed by atoms with Crippen molar-refractivity contribution in [2.24, 2.45) is 0 Å². The second-order valence-corrected chi connectivity index (χ2v) is 7.13. The van der Waals surface area contributed by atoms with Crippen LogP contribution in [0, 0.1) is 0 Å². The highest BCUT2D eigenvalue weighted by Crippen LogP contribution is 2.36. The Bertz CT molecular complexity index is 833. The molecule has 1 aliphatic carbocycles. The van der Waals surface area contributed by atoms with E-state index in [0.717, 1.165) is 12.8 Å². The van der Waals surface area contributed by atoms with Gasteiger partial charge in [0.2, 0.25) is 5.91 Å². The Morgan fingerprint density at radius 2 is 2.17 bits per heavy atom. The molecule has 0 radical (unpaired) electrons. The van der Waals surface area contributed by atoms with Crippen LogP contribution in [-0.4, -0.2) is 22.8 Å². The van der Waals surface area contributed by atoms with E-state index in [-0.39, 0.29) is 17.9 Å². The summed E-state index contributed by atoms with van der Waals surface area (Å²) < 4.78 is 0. The molecule has 1 aliphatic heterocycles. The van der Waals surface area contributed by atoms with Crippen LogP contribution in [0.2, 0.25) is 5.02 Å². The lowest BCUT2D eigenvalue weighted by atomic mass is 10.1. The third kappa shape index (κ3) is 2.63. The van der Waals surface area contributed by atoms with Crippen LogP contribution < -0.4 is 15.5 Å². The number of carbonyl (C=O) groups is 2. The molecule has 1 fully saturated rings. The first-order valence-electron chi connectivity index (χ1n) is 7.65. The van der Waals surface area contributed by atoms with Gasteiger partial charge in [0, 0.05) is 18.3 Å². The SMILES string of the molecule is CC(=O)N(c1nc([C@H]2NC(=O)c3c(Cl)cccc3N2)cs1)C1CC1. The van der Waals surface area contributed by atoms with Gasteiger partial charge in [-0.15, -0.1) is 11.3 Å². The first-order chi connectivity index (χ1) is 11.5. The van der Waals surface area contributed by atoms with Gasteiger partial charge in [0.25, 0.3) is 5.91 Å². The molecule has 8 heteroatoms. The predicted octanol–water partition coefficient (Wildman–Crippen LogP) is 3.17. The number of thiazole rings is 1. The van der Waals surface area contributed by atoms with Crippen molar-refractivity contribution < 1.29 is 9.59 Å². The average molecular weight is 363 g/mol. The Labute approximate surface area is 147 Å². The van der Waals surface area contributed by atoms with Crippen LogP contribution in [0.3, 0.4) is 0 Å². The lowest BCUT2D eigenvalue weighted by molar-refractivity contribution is -0.116. The molecule has 1 atom stereocenters. The van der Waals surface area contributed by atoms with E-state index in [0.29, 0.717) is 27.1 Å². The van der Waals surface area contributed by atoms with E-state index >= 15 is 0 Å². The van der Waals surface area contributed by atoms with Crippen molar-refractivity contribution in [2.45, 2.75) is 32.0 Å². The number of amides is 2. The molecule has 0 bridgehead atoms. The second-order valence-electron chi connectivity index (χ2n) is 5.89. The van der Waals surface area contributed by atoms with Gasteiger partial charge in [-0.05, 0) is 25.0 Å². The van der Waals surface area contributed by atoms with Crippen molar-refractivity contribution >= 4 is 45.6 Å². The third-order valence-corrected chi connectivity index (χ3v) is 5.25. The number of hydrogen-bond acceptors (Lipinski definition) is 5. The number of fused-ring (bicyclic) bond motifs is 1. The van der Waals surface area contributed by atoms with Crippen LogP contribution in [0.4, 0.5) is 10.8 Å². The van der Waals surface area contributed by atoms with Crippen LogP contribution in [0.1, 0.15) is 42.0 Å². The van der Waals surface area contributed by atoms with E-state index in [1.165, 1.54) is 11.3 Å². The summed E-state index contributed by atoms with van der Waals surface area (Å²) in [6.45, 7) is 1.55. The quantitative estimate of drug-likeness (QED) is 0.879. The van der Waals surface area contributed by atoms with Crippen LogP contribution in [0.15, 0.2) is 23.6 Å². The highest BCUT2D eigenvalue weighted by Gasteiger charge is 2.35. The maximum atomic E-state index is 12.3. The van der Waals surface area contributed by atoms with Gasteiger partial charge in [-0.1, -0.05) is 17.7 Å². The summed E-state index contributed by atoms with van der Waals surface area (Å²) >= 11 is 7.50. The standard InChI is InChI=1S/C16H15ClN4O2S/c1-8(22)21(9-5-6-9)16-19-12(7-24-16)14-18-11-4-2-3-10(17)13(11)15(23)20-14/h2-4,7,9,14,18H,5-6H2,1H3,(H,20,23)/t14-/m1/s1. The molecular weight excluding hydrogens is 348 g/mol. The highest BCUT2D eigenvalue weighted by molar-refractivity contribution is 7.14. The summed E-state index contributed by atoms with van der Waals surface area (Å²) in [6.07, 6.45) is 1.58. The molecule has 1 aromatic heterocycles. The lowest BCUT2D eigenvalue weighted by Gasteiger charge is -2.27. The maximum absolute atomic E-state index is 12.3. The number of nitrogens with zero attached hydrogens (tertiary/aromatic N) is 2. The van der Waals surface area contributed by atoms with Gasteiger partial charge < -0.3 is 10.6 Å². The Morgan fingerprint density at radius 3 is 2.88 bits per heavy atom. The van der Waals surface area contributed by atoms with E-state index in [9.17, 15) is 9.59 Å². The normalized spacial score (nSPS) is 19.2. The summed E-state index contributed by atoms with van der Waals surface area (Å²) in [5, 5.41) is 9.04. The van der Waals surface area contributed by atoms with Crippen molar-refractivity contribution in [1.82, 2.24) is 10.3 Å². The number of hydrogen-bond donors (Lipinski definition) is 2. The summed E-state index contributed by atoms with van der Waals surface area (Å²) in [5.41, 5.74) is 1.80. The van der Waals surface area contributed by atoms with E-state index in [1.807, 2.05) is 11.4 Å². The largest absolute Gasteiger partial charge is 0.360 e. The minimum Gasteiger partial charge on any atom is -0.360 e. The van der Waals surface area contributed by atoms with Crippen LogP contribution in [-0.2, 0) is 4.79 Å². The molecule has 6 nitrogen and oxygen atoms in total. The third-order valence-electron chi connectivity index (χ3n) is 4.08. The van der Waals surface area contributed by atoms with Gasteiger partial charge in [0.1, 0.15) is 6.17 Å². The molecule has 2 heterocycles. The van der Waals surface area contributed by atoms with Crippen molar-refractivity contribution in [1.29, 1.82) is 0 Å². The first-order valence-corrected chi connectivity index (χ1v) is 8.91. The summed E-state index contributed by atoms with van der Waals surface area (Å²) in [6, 6.07) is 5.55. The molecule has 0 saturated heterocycles. The molecule has 1 aromatic carbocycles. The number of benzene rings is 1. The Morgan fingerprint density at radius 1 is 1.38 bits per heavy atom. The second kappa shape index (κ2) is 5.75. The molecule has 2 aliphatic rings. The molecule has 0 unspecified atom stereocenters. The molecule has 0 spiro atoms. The van der Waals surface area contributed by atoms with Gasteiger partial charge in [0.15, 0.2) is 5.13 Å². The summed E-state index contributed by atoms with van der Waals surface area (Å²) in [7, 11) is 0. The maximum Gasteiger partial charge on any atom is 0.256 e. The molecule has 124 valence electrons. The van der Waals surface area contributed by atoms with Crippen molar-refractivity contribution in [3.05, 3.63) is 39.9 Å². The summed E-state index contributed by atoms with van der Waals surface area (Å²) in [5.74, 6) is -0.240. The van der Waals surface area contributed by atoms with Crippen molar-refractivity contribution in [3.8, 4) is 0 Å². The van der Waals surface area contributed by atoms with Crippen molar-refractivity contribution in [2.75, 3.05) is 10.2 Å². The summed E-state index contributed by atoms with van der Waals surface area (Å²) in [4.78, 5) is 30.5. The van der Waals surface area contributed by atoms with E-state index < -0.39 is 6.17 Å². The number of halogens is 1. The highest BCUT2D eigenvalue weighted by atomic mass is 35.5. The average Bonchev–Trinajstić information content (AvgIpc) is 3.23. The zero-order valence-corrected chi connectivity index (χ0v) is 14.4. The molecular formula is C16H15ClN4O2S. The van der Waals surface area contributed by atoms with Crippen LogP contribution in [0.5, 0.6) is 0 Å². The zero-order valence-electron chi connectivity index (χ0n) is 12.9. The number of carbonyl (C=O) groups excluding carboxylic acids is 2. The monoisotopic (exact) mass is 362 g/mol. The molecule has 24 heavy (non-hydrogen) atoms. The van der Waals surface area contributed by atoms with Crippen LogP contribution in [0.25, 0.3) is 0 Å². The van der Waals surface area contributed by atoms with Crippen molar-refractivity contribution in [3.63, 3.8) is 0 Å². The van der Waals surface area contributed by atoms with Crippen LogP contribution >= 0.6 is 22.9 Å². The minimum atomic E-state index is -0.443. The fourth-order valence-corrected chi connectivity index (χ4v) is 4.04. The van der Waals surface area contributed by atoms with Gasteiger partial charge in [0.05, 0.1) is 22.0 Å². The number of aromatic nitrogens is 1. The van der Waals surface area contributed by atoms with E-state index in [1.54, 1.807) is 24.0 Å². The van der Waals surface area contributed by atoms with E-state index in [4.69, 9.17) is 11.6 Å². The molecule has 2 aromatic rings. The Hall–Kier alpha value is -2.12. The lowest BCUT2D eigenvalue weighted by Crippen LogP contribution is -2.39. The number of nitrogens with one attached hydrogen (secondary N) is 2. The van der Waals surface area contributed by atoms with E-state index in [2.05, 4.69) is 15.6 Å². The fraction of sp³-hybridized carbons (Fsp3) is 0.312. The molecule has 4 rings (SSSR count). The molecule has 2 amide bonds. The minimum absolute atomic E-state index is 0.00355. The topological polar surface area (TPSA) is 74.3 Å². The fourth-order valence-electron chi connectivity index (χ4n) is 2.82. The number of rotatable bonds is 3. The van der Waals surface area contributed by atoms with Gasteiger partial charge in [-0.3, -0.25) is 14.5 Å². The smallest absolute Gasteiger partial charge is 0.256 e. The van der Waals surface area contributed by atoms with Gasteiger partial charge >= 0.3 is 0 Å². The first kappa shape index (κ1) is 15.4. The Kier molecular flexibility index (Phi) is 3.69. The molecule has 2 N–H and O–H groups in total. The molecule has 1 saturated carbocycles. The Balaban J connectivity index is 1.62. The number of anilines is 2. The van der Waals surface area contributed by atoms with Gasteiger partial charge in [-0.2, -0.15) is 0 Å². The predicted molar refractivity (Wildman–Crippen MR) is 93.6 cm³/mol. The zero-order chi connectivity index (χ0) is 16.8.